The van der Waals surface area contributed by atoms with Gasteiger partial charge in [0.2, 0.25) is 0 Å². The van der Waals surface area contributed by atoms with Crippen molar-refractivity contribution in [3.05, 3.63) is 35.5 Å². The first kappa shape index (κ1) is 9.02. The Bertz CT molecular complexity index is 507. The zero-order chi connectivity index (χ0) is 10.4. The highest BCUT2D eigenvalue weighted by Gasteiger charge is 2.21. The molecule has 1 unspecified atom stereocenters. The van der Waals surface area contributed by atoms with Gasteiger partial charge in [0.05, 0.1) is 0 Å². The lowest BCUT2D eigenvalue weighted by molar-refractivity contribution is 0.492. The maximum atomic E-state index is 2.39. The number of para-hydroxylation sites is 1. The fourth-order valence-corrected chi connectivity index (χ4v) is 2.90. The van der Waals surface area contributed by atoms with Gasteiger partial charge in [-0.05, 0) is 36.8 Å². The summed E-state index contributed by atoms with van der Waals surface area (Å²) in [6.45, 7) is 2.37. The predicted molar refractivity (Wildman–Crippen MR) is 64.1 cm³/mol. The minimum Gasteiger partial charge on any atom is -0.347 e. The third-order valence-electron chi connectivity index (χ3n) is 3.77. The van der Waals surface area contributed by atoms with E-state index in [1.165, 1.54) is 30.2 Å². The largest absolute Gasteiger partial charge is 0.347 e. The van der Waals surface area contributed by atoms with Gasteiger partial charge < -0.3 is 4.57 Å². The highest BCUT2D eigenvalue weighted by atomic mass is 15.0. The number of nitrogens with zero attached hydrogens (tertiary/aromatic N) is 1. The molecule has 3 rings (SSSR count). The van der Waals surface area contributed by atoms with E-state index in [0.29, 0.717) is 0 Å². The summed E-state index contributed by atoms with van der Waals surface area (Å²) < 4.78 is 2.39. The van der Waals surface area contributed by atoms with Crippen molar-refractivity contribution in [2.45, 2.75) is 26.2 Å². The summed E-state index contributed by atoms with van der Waals surface area (Å²) in [5, 5.41) is 1.47. The Balaban J connectivity index is 2.33. The summed E-state index contributed by atoms with van der Waals surface area (Å²) >= 11 is 0. The Labute approximate surface area is 90.7 Å². The fourth-order valence-electron chi connectivity index (χ4n) is 2.90. The molecule has 0 saturated heterocycles. The van der Waals surface area contributed by atoms with E-state index < -0.39 is 0 Å². The van der Waals surface area contributed by atoms with E-state index in [4.69, 9.17) is 0 Å². The van der Waals surface area contributed by atoms with Crippen LogP contribution in [0.2, 0.25) is 0 Å². The molecule has 1 aromatic heterocycles. The molecule has 1 aliphatic carbocycles. The first-order valence-corrected chi connectivity index (χ1v) is 5.82. The first-order valence-electron chi connectivity index (χ1n) is 5.82. The van der Waals surface area contributed by atoms with Crippen LogP contribution in [0.25, 0.3) is 10.9 Å². The topological polar surface area (TPSA) is 4.93 Å². The van der Waals surface area contributed by atoms with E-state index in [1.807, 2.05) is 0 Å². The van der Waals surface area contributed by atoms with Gasteiger partial charge in [0.25, 0.3) is 0 Å². The molecule has 1 heteroatoms. The van der Waals surface area contributed by atoms with Gasteiger partial charge in [-0.3, -0.25) is 0 Å². The highest BCUT2D eigenvalue weighted by molar-refractivity contribution is 5.85. The number of hydrogen-bond acceptors (Lipinski definition) is 0. The smallest absolute Gasteiger partial charge is 0.0482 e. The maximum absolute atomic E-state index is 2.39. The van der Waals surface area contributed by atoms with Crippen molar-refractivity contribution in [1.29, 1.82) is 0 Å². The summed E-state index contributed by atoms with van der Waals surface area (Å²) in [5.74, 6) is 0.850. The molecule has 2 aromatic rings. The van der Waals surface area contributed by atoms with Crippen LogP contribution in [0.15, 0.2) is 24.3 Å². The van der Waals surface area contributed by atoms with E-state index in [2.05, 4.69) is 42.8 Å². The van der Waals surface area contributed by atoms with Gasteiger partial charge in [0.1, 0.15) is 0 Å². The number of aryl methyl sites for hydroxylation is 1. The van der Waals surface area contributed by atoms with Crippen LogP contribution in [0.3, 0.4) is 0 Å². The van der Waals surface area contributed by atoms with Crippen molar-refractivity contribution in [1.82, 2.24) is 4.57 Å². The molecule has 1 aliphatic rings. The Hall–Kier alpha value is -1.24. The molecule has 1 heterocycles. The lowest BCUT2D eigenvalue weighted by atomic mass is 9.88. The summed E-state index contributed by atoms with van der Waals surface area (Å²) in [6.07, 6.45) is 3.86. The van der Waals surface area contributed by atoms with E-state index in [9.17, 15) is 0 Å². The molecule has 1 aromatic carbocycles. The molecule has 15 heavy (non-hydrogen) atoms. The third kappa shape index (κ3) is 1.22. The Morgan fingerprint density at radius 1 is 1.27 bits per heavy atom. The molecule has 1 nitrogen and oxygen atoms in total. The van der Waals surface area contributed by atoms with Crippen LogP contribution in [0.1, 0.15) is 24.6 Å². The number of benzene rings is 1. The normalized spacial score (nSPS) is 20.5. The van der Waals surface area contributed by atoms with E-state index in [1.54, 1.807) is 11.3 Å². The lowest BCUT2D eigenvalue weighted by Crippen LogP contribution is -2.12. The summed E-state index contributed by atoms with van der Waals surface area (Å²) in [6, 6.07) is 8.80. The lowest BCUT2D eigenvalue weighted by Gasteiger charge is -2.19. The molecule has 0 bridgehead atoms. The number of rotatable bonds is 0. The molecule has 78 valence electrons. The molecule has 0 spiro atoms. The van der Waals surface area contributed by atoms with Crippen LogP contribution in [-0.2, 0) is 19.9 Å². The standard InChI is InChI=1S/C14H17N/c1-10-7-8-14-12(9-10)11-5-3-4-6-13(11)15(14)2/h3-6,10H,7-9H2,1-2H3. The molecule has 0 amide bonds. The highest BCUT2D eigenvalue weighted by Crippen LogP contribution is 2.33. The zero-order valence-corrected chi connectivity index (χ0v) is 9.46. The SMILES string of the molecule is CC1CCc2c(c3ccccc3n2C)C1. The predicted octanol–water partition coefficient (Wildman–Crippen LogP) is 3.30. The second kappa shape index (κ2) is 3.13. The monoisotopic (exact) mass is 199 g/mol. The van der Waals surface area contributed by atoms with E-state index >= 15 is 0 Å². The number of hydrogen-bond donors (Lipinski definition) is 0. The van der Waals surface area contributed by atoms with Crippen LogP contribution < -0.4 is 0 Å². The molecular weight excluding hydrogens is 182 g/mol. The molecule has 1 atom stereocenters. The Kier molecular flexibility index (Phi) is 1.88. The van der Waals surface area contributed by atoms with Gasteiger partial charge in [-0.25, -0.2) is 0 Å². The van der Waals surface area contributed by atoms with Crippen molar-refractivity contribution < 1.29 is 0 Å². The Morgan fingerprint density at radius 2 is 2.07 bits per heavy atom. The van der Waals surface area contributed by atoms with Crippen LogP contribution in [0.4, 0.5) is 0 Å². The average Bonchev–Trinajstić information content (AvgIpc) is 2.54. The van der Waals surface area contributed by atoms with E-state index in [0.717, 1.165) is 5.92 Å². The van der Waals surface area contributed by atoms with Crippen LogP contribution in [0.5, 0.6) is 0 Å². The van der Waals surface area contributed by atoms with Crippen LogP contribution in [0, 0.1) is 5.92 Å². The molecular formula is C14H17N. The van der Waals surface area contributed by atoms with E-state index in [-0.39, 0.29) is 0 Å². The van der Waals surface area contributed by atoms with Crippen molar-refractivity contribution in [3.63, 3.8) is 0 Å². The third-order valence-corrected chi connectivity index (χ3v) is 3.77. The van der Waals surface area contributed by atoms with Gasteiger partial charge >= 0.3 is 0 Å². The van der Waals surface area contributed by atoms with Crippen molar-refractivity contribution in [3.8, 4) is 0 Å². The van der Waals surface area contributed by atoms with Crippen molar-refractivity contribution in [2.75, 3.05) is 0 Å². The van der Waals surface area contributed by atoms with Crippen LogP contribution >= 0.6 is 0 Å². The van der Waals surface area contributed by atoms with Crippen molar-refractivity contribution in [2.24, 2.45) is 13.0 Å². The summed E-state index contributed by atoms with van der Waals surface area (Å²) in [7, 11) is 2.21. The number of fused-ring (bicyclic) bond motifs is 3. The molecule has 0 fully saturated rings. The van der Waals surface area contributed by atoms with Gasteiger partial charge in [-0.15, -0.1) is 0 Å². The molecule has 0 N–H and O–H groups in total. The average molecular weight is 199 g/mol. The molecule has 0 saturated carbocycles. The molecule has 0 aliphatic heterocycles. The zero-order valence-electron chi connectivity index (χ0n) is 9.46. The van der Waals surface area contributed by atoms with Gasteiger partial charge in [-0.1, -0.05) is 25.1 Å². The van der Waals surface area contributed by atoms with Gasteiger partial charge in [0, 0.05) is 23.6 Å². The number of aromatic nitrogens is 1. The fraction of sp³-hybridized carbons (Fsp3) is 0.429. The quantitative estimate of drug-likeness (QED) is 0.613. The maximum Gasteiger partial charge on any atom is 0.0482 e. The summed E-state index contributed by atoms with van der Waals surface area (Å²) in [5.41, 5.74) is 4.57. The first-order chi connectivity index (χ1) is 7.27. The second-order valence-electron chi connectivity index (χ2n) is 4.85. The Morgan fingerprint density at radius 3 is 2.93 bits per heavy atom. The van der Waals surface area contributed by atoms with Crippen LogP contribution in [-0.4, -0.2) is 4.57 Å². The minimum atomic E-state index is 0.850. The molecule has 0 radical (unpaired) electrons. The van der Waals surface area contributed by atoms with Crippen molar-refractivity contribution >= 4 is 10.9 Å². The second-order valence-corrected chi connectivity index (χ2v) is 4.85. The minimum absolute atomic E-state index is 0.850. The van der Waals surface area contributed by atoms with Gasteiger partial charge in [0.15, 0.2) is 0 Å². The summed E-state index contributed by atoms with van der Waals surface area (Å²) in [4.78, 5) is 0. The van der Waals surface area contributed by atoms with Gasteiger partial charge in [-0.2, -0.15) is 0 Å².